The number of amides is 1. The molecule has 4 rings (SSSR count). The van der Waals surface area contributed by atoms with Crippen molar-refractivity contribution in [3.63, 3.8) is 0 Å². The number of nitrogens with two attached hydrogens (primary N) is 1. The van der Waals surface area contributed by atoms with Gasteiger partial charge in [-0.05, 0) is 36.8 Å². The van der Waals surface area contributed by atoms with Gasteiger partial charge in [-0.25, -0.2) is 14.2 Å². The molecule has 0 saturated heterocycles. The summed E-state index contributed by atoms with van der Waals surface area (Å²) in [6.45, 7) is -2.59. The Bertz CT molecular complexity index is 1050. The number of benzene rings is 1. The second kappa shape index (κ2) is 8.46. The van der Waals surface area contributed by atoms with E-state index in [-0.39, 0.29) is 22.7 Å². The van der Waals surface area contributed by atoms with E-state index in [0.717, 1.165) is 6.20 Å². The maximum Gasteiger partial charge on any atom is 0.387 e. The van der Waals surface area contributed by atoms with Crippen LogP contribution < -0.4 is 20.5 Å². The van der Waals surface area contributed by atoms with E-state index < -0.39 is 29.5 Å². The maximum absolute atomic E-state index is 12.8. The van der Waals surface area contributed by atoms with Crippen molar-refractivity contribution in [2.45, 2.75) is 24.3 Å². The lowest BCUT2D eigenvalue weighted by atomic mass is 10.0. The summed E-state index contributed by atoms with van der Waals surface area (Å²) in [7, 11) is 0.255. The summed E-state index contributed by atoms with van der Waals surface area (Å²) >= 11 is 0. The number of rotatable bonds is 4. The van der Waals surface area contributed by atoms with Gasteiger partial charge >= 0.3 is 6.61 Å². The highest BCUT2D eigenvalue weighted by atomic mass is 32.2. The number of guanidine groups is 1. The third kappa shape index (κ3) is 4.29. The molecule has 0 bridgehead atoms. The van der Waals surface area contributed by atoms with Gasteiger partial charge in [0.05, 0.1) is 24.1 Å². The van der Waals surface area contributed by atoms with Gasteiger partial charge in [0, 0.05) is 18.3 Å². The number of anilines is 1. The number of pyridine rings is 1. The SMILES string of the molecule is CN1C(N)=N[C@@H]2c3cc(NC(=O)c4ccc(OC(F)F)cn4)ccc3OCC[C@@H]2S1=O. The van der Waals surface area contributed by atoms with Gasteiger partial charge in [-0.15, -0.1) is 0 Å². The summed E-state index contributed by atoms with van der Waals surface area (Å²) in [6.07, 6.45) is 1.58. The molecule has 3 heterocycles. The van der Waals surface area contributed by atoms with Crippen LogP contribution in [-0.4, -0.2) is 50.9 Å². The van der Waals surface area contributed by atoms with Crippen LogP contribution >= 0.6 is 0 Å². The van der Waals surface area contributed by atoms with E-state index in [1.165, 1.54) is 16.4 Å². The molecule has 1 aromatic heterocycles. The number of aliphatic imine (C=N–C) groups is 1. The molecule has 12 heteroatoms. The fourth-order valence-corrected chi connectivity index (χ4v) is 4.76. The Morgan fingerprint density at radius 2 is 2.19 bits per heavy atom. The molecule has 2 aromatic rings. The van der Waals surface area contributed by atoms with Crippen LogP contribution in [0.2, 0.25) is 0 Å². The molecular weight excluding hydrogens is 432 g/mol. The smallest absolute Gasteiger partial charge is 0.387 e. The van der Waals surface area contributed by atoms with E-state index in [1.54, 1.807) is 25.2 Å². The van der Waals surface area contributed by atoms with E-state index in [1.807, 2.05) is 0 Å². The Balaban J connectivity index is 1.58. The molecule has 9 nitrogen and oxygen atoms in total. The standard InChI is InChI=1S/C19H19F2N5O4S/c1-26-19(22)25-16-12-8-10(2-5-14(12)29-7-6-15(16)31(26)28)24-17(27)13-4-3-11(9-23-13)30-18(20)21/h2-5,8-9,15-16,18H,6-7H2,1H3,(H2,22,25)(H,24,27)/t15-,16+,31?/m0/s1. The molecular formula is C19H19F2N5O4S. The Kier molecular flexibility index (Phi) is 5.72. The van der Waals surface area contributed by atoms with Crippen molar-refractivity contribution in [3.8, 4) is 11.5 Å². The Hall–Kier alpha value is -3.28. The highest BCUT2D eigenvalue weighted by Crippen LogP contribution is 2.40. The molecule has 1 amide bonds. The van der Waals surface area contributed by atoms with Crippen LogP contribution in [0.1, 0.15) is 28.5 Å². The lowest BCUT2D eigenvalue weighted by Gasteiger charge is -2.32. The number of ether oxygens (including phenoxy) is 2. The van der Waals surface area contributed by atoms with Crippen LogP contribution in [0, 0.1) is 0 Å². The average Bonchev–Trinajstić information content (AvgIpc) is 2.91. The van der Waals surface area contributed by atoms with Crippen LogP contribution in [0.3, 0.4) is 0 Å². The summed E-state index contributed by atoms with van der Waals surface area (Å²) in [5.41, 5.74) is 7.06. The summed E-state index contributed by atoms with van der Waals surface area (Å²) in [5, 5.41) is 2.39. The molecule has 0 saturated carbocycles. The zero-order valence-electron chi connectivity index (χ0n) is 16.3. The maximum atomic E-state index is 12.8. The Morgan fingerprint density at radius 1 is 1.39 bits per heavy atom. The summed E-state index contributed by atoms with van der Waals surface area (Å²) < 4.78 is 48.7. The van der Waals surface area contributed by atoms with Crippen LogP contribution in [0.25, 0.3) is 0 Å². The van der Waals surface area contributed by atoms with Crippen LogP contribution in [0.15, 0.2) is 41.5 Å². The third-order valence-corrected chi connectivity index (χ3v) is 6.65. The van der Waals surface area contributed by atoms with Gasteiger partial charge in [0.15, 0.2) is 0 Å². The minimum absolute atomic E-state index is 0.0216. The van der Waals surface area contributed by atoms with Gasteiger partial charge < -0.3 is 20.5 Å². The lowest BCUT2D eigenvalue weighted by molar-refractivity contribution is -0.0500. The van der Waals surface area contributed by atoms with Crippen molar-refractivity contribution in [2.24, 2.45) is 10.7 Å². The highest BCUT2D eigenvalue weighted by molar-refractivity contribution is 7.84. The van der Waals surface area contributed by atoms with Gasteiger partial charge in [-0.2, -0.15) is 8.78 Å². The number of carbonyl (C=O) groups excluding carboxylic acids is 1. The molecule has 0 fully saturated rings. The molecule has 0 radical (unpaired) electrons. The number of fused-ring (bicyclic) bond motifs is 3. The molecule has 0 aliphatic carbocycles. The largest absolute Gasteiger partial charge is 0.493 e. The molecule has 0 spiro atoms. The normalized spacial score (nSPS) is 22.5. The zero-order chi connectivity index (χ0) is 22.1. The second-order valence-corrected chi connectivity index (χ2v) is 8.55. The molecule has 2 aliphatic rings. The topological polar surface area (TPSA) is 119 Å². The van der Waals surface area contributed by atoms with Gasteiger partial charge in [0.2, 0.25) is 5.96 Å². The first-order valence-electron chi connectivity index (χ1n) is 9.30. The number of nitrogens with zero attached hydrogens (tertiary/aromatic N) is 3. The molecule has 31 heavy (non-hydrogen) atoms. The van der Waals surface area contributed by atoms with E-state index >= 15 is 0 Å². The van der Waals surface area contributed by atoms with Gasteiger partial charge in [0.25, 0.3) is 5.91 Å². The lowest BCUT2D eigenvalue weighted by Crippen LogP contribution is -2.46. The molecule has 164 valence electrons. The van der Waals surface area contributed by atoms with Gasteiger partial charge in [0.1, 0.15) is 28.2 Å². The number of halogens is 2. The van der Waals surface area contributed by atoms with E-state index in [0.29, 0.717) is 30.0 Å². The van der Waals surface area contributed by atoms with Crippen molar-refractivity contribution in [1.29, 1.82) is 0 Å². The predicted molar refractivity (Wildman–Crippen MR) is 109 cm³/mol. The van der Waals surface area contributed by atoms with Crippen molar-refractivity contribution in [1.82, 2.24) is 9.29 Å². The van der Waals surface area contributed by atoms with E-state index in [2.05, 4.69) is 20.0 Å². The number of carbonyl (C=O) groups is 1. The quantitative estimate of drug-likeness (QED) is 0.734. The summed E-state index contributed by atoms with van der Waals surface area (Å²) in [6, 6.07) is 7.09. The third-order valence-electron chi connectivity index (χ3n) is 4.92. The van der Waals surface area contributed by atoms with Crippen molar-refractivity contribution in [2.75, 3.05) is 19.0 Å². The van der Waals surface area contributed by atoms with Crippen LogP contribution in [0.5, 0.6) is 11.5 Å². The minimum Gasteiger partial charge on any atom is -0.493 e. The van der Waals surface area contributed by atoms with Gasteiger partial charge in [-0.3, -0.25) is 9.10 Å². The first kappa shape index (κ1) is 21.0. The Morgan fingerprint density at radius 3 is 2.90 bits per heavy atom. The number of aromatic nitrogens is 1. The van der Waals surface area contributed by atoms with Gasteiger partial charge in [-0.1, -0.05) is 0 Å². The number of alkyl halides is 2. The number of hydrogen-bond donors (Lipinski definition) is 2. The highest BCUT2D eigenvalue weighted by Gasteiger charge is 2.39. The van der Waals surface area contributed by atoms with E-state index in [9.17, 15) is 17.8 Å². The predicted octanol–water partition coefficient (Wildman–Crippen LogP) is 2.05. The minimum atomic E-state index is -2.97. The Labute approximate surface area is 178 Å². The average molecular weight is 451 g/mol. The summed E-state index contributed by atoms with van der Waals surface area (Å²) in [5.74, 6) is 0.0579. The number of hydrogen-bond acceptors (Lipinski definition) is 7. The molecule has 1 aromatic carbocycles. The molecule has 3 atom stereocenters. The zero-order valence-corrected chi connectivity index (χ0v) is 17.1. The molecule has 3 N–H and O–H groups in total. The van der Waals surface area contributed by atoms with E-state index in [4.69, 9.17) is 10.5 Å². The summed E-state index contributed by atoms with van der Waals surface area (Å²) in [4.78, 5) is 20.9. The van der Waals surface area contributed by atoms with Crippen LogP contribution in [0.4, 0.5) is 14.5 Å². The second-order valence-electron chi connectivity index (χ2n) is 6.85. The fourth-order valence-electron chi connectivity index (χ4n) is 3.40. The first-order chi connectivity index (χ1) is 14.8. The van der Waals surface area contributed by atoms with Crippen LogP contribution in [-0.2, 0) is 11.0 Å². The van der Waals surface area contributed by atoms with Crippen molar-refractivity contribution in [3.05, 3.63) is 47.8 Å². The monoisotopic (exact) mass is 451 g/mol. The molecule has 1 unspecified atom stereocenters. The van der Waals surface area contributed by atoms with Crippen molar-refractivity contribution >= 4 is 28.5 Å². The number of nitrogens with one attached hydrogen (secondary N) is 1. The molecule has 2 aliphatic heterocycles. The first-order valence-corrected chi connectivity index (χ1v) is 10.5. The van der Waals surface area contributed by atoms with Crippen molar-refractivity contribution < 1.29 is 27.3 Å². The fraction of sp³-hybridized carbons (Fsp3) is 0.316.